The summed E-state index contributed by atoms with van der Waals surface area (Å²) in [5.41, 5.74) is 3.19. The Bertz CT molecular complexity index is 1230. The number of benzene rings is 2. The van der Waals surface area contributed by atoms with Gasteiger partial charge in [-0.2, -0.15) is 13.2 Å². The molecule has 1 atom stereocenters. The van der Waals surface area contributed by atoms with Crippen molar-refractivity contribution in [2.75, 3.05) is 32.7 Å². The second-order valence-corrected chi connectivity index (χ2v) is 9.96. The standard InChI is InChI=1S/C27H29F3N4O4/c28-27(29,30)17-33-11-9-32(10-12-33)14-18-3-1-4-19(13-18)16-38-23-6-2-5-20-21(23)15-34(26(20)37)22-7-8-24(35)31-25(22)36/h1-6,13,22H,7-12,14-17H2,(H,31,35,36). The van der Waals surface area contributed by atoms with E-state index in [0.29, 0.717) is 50.5 Å². The fourth-order valence-corrected chi connectivity index (χ4v) is 5.29. The van der Waals surface area contributed by atoms with Crippen LogP contribution in [0.25, 0.3) is 0 Å². The second-order valence-electron chi connectivity index (χ2n) is 9.96. The number of piperidine rings is 1. The molecule has 3 aliphatic heterocycles. The Kier molecular flexibility index (Phi) is 7.40. The Labute approximate surface area is 218 Å². The minimum atomic E-state index is -4.17. The van der Waals surface area contributed by atoms with Gasteiger partial charge in [-0.15, -0.1) is 0 Å². The summed E-state index contributed by atoms with van der Waals surface area (Å²) in [5, 5.41) is 2.31. The van der Waals surface area contributed by atoms with Crippen molar-refractivity contribution in [3.8, 4) is 5.75 Å². The molecule has 0 aromatic heterocycles. The van der Waals surface area contributed by atoms with E-state index in [1.807, 2.05) is 24.3 Å². The maximum absolute atomic E-state index is 13.0. The van der Waals surface area contributed by atoms with Gasteiger partial charge in [0.15, 0.2) is 0 Å². The zero-order valence-corrected chi connectivity index (χ0v) is 20.8. The molecule has 0 bridgehead atoms. The van der Waals surface area contributed by atoms with E-state index in [9.17, 15) is 27.6 Å². The molecule has 3 heterocycles. The summed E-state index contributed by atoms with van der Waals surface area (Å²) in [6.45, 7) is 2.20. The van der Waals surface area contributed by atoms with Gasteiger partial charge in [-0.3, -0.25) is 29.5 Å². The molecule has 1 unspecified atom stereocenters. The maximum Gasteiger partial charge on any atom is 0.401 e. The lowest BCUT2D eigenvalue weighted by Gasteiger charge is -2.35. The van der Waals surface area contributed by atoms with Gasteiger partial charge in [0, 0.05) is 50.3 Å². The lowest BCUT2D eigenvalue weighted by Crippen LogP contribution is -2.52. The van der Waals surface area contributed by atoms with Crippen molar-refractivity contribution in [1.29, 1.82) is 0 Å². The molecule has 11 heteroatoms. The van der Waals surface area contributed by atoms with Crippen LogP contribution in [0.15, 0.2) is 42.5 Å². The number of hydrogen-bond acceptors (Lipinski definition) is 6. The zero-order chi connectivity index (χ0) is 26.9. The largest absolute Gasteiger partial charge is 0.489 e. The minimum Gasteiger partial charge on any atom is -0.489 e. The fraction of sp³-hybridized carbons (Fsp3) is 0.444. The quantitative estimate of drug-likeness (QED) is 0.555. The normalized spacial score (nSPS) is 21.0. The molecule has 1 N–H and O–H groups in total. The van der Waals surface area contributed by atoms with E-state index in [1.165, 1.54) is 9.80 Å². The van der Waals surface area contributed by atoms with E-state index in [-0.39, 0.29) is 31.4 Å². The number of carbonyl (C=O) groups is 3. The number of fused-ring (bicyclic) bond motifs is 1. The summed E-state index contributed by atoms with van der Waals surface area (Å²) in [7, 11) is 0. The van der Waals surface area contributed by atoms with Crippen LogP contribution in [-0.2, 0) is 29.3 Å². The molecular weight excluding hydrogens is 501 g/mol. The molecule has 2 fully saturated rings. The van der Waals surface area contributed by atoms with Crippen LogP contribution in [0.5, 0.6) is 5.75 Å². The third-order valence-corrected chi connectivity index (χ3v) is 7.20. The Balaban J connectivity index is 1.19. The minimum absolute atomic E-state index is 0.194. The lowest BCUT2D eigenvalue weighted by atomic mass is 10.0. The summed E-state index contributed by atoms with van der Waals surface area (Å²) in [6, 6.07) is 12.4. The van der Waals surface area contributed by atoms with Crippen molar-refractivity contribution < 1.29 is 32.3 Å². The highest BCUT2D eigenvalue weighted by Crippen LogP contribution is 2.34. The van der Waals surface area contributed by atoms with Gasteiger partial charge in [0.05, 0.1) is 13.1 Å². The highest BCUT2D eigenvalue weighted by Gasteiger charge is 2.40. The average Bonchev–Trinajstić information content (AvgIpc) is 3.20. The van der Waals surface area contributed by atoms with Crippen molar-refractivity contribution in [2.45, 2.75) is 44.8 Å². The molecule has 5 rings (SSSR count). The Morgan fingerprint density at radius 3 is 2.39 bits per heavy atom. The molecule has 0 radical (unpaired) electrons. The number of piperazine rings is 1. The number of hydrogen-bond donors (Lipinski definition) is 1. The molecule has 8 nitrogen and oxygen atoms in total. The first-order valence-electron chi connectivity index (χ1n) is 12.6. The van der Waals surface area contributed by atoms with Crippen molar-refractivity contribution in [2.24, 2.45) is 0 Å². The van der Waals surface area contributed by atoms with Crippen molar-refractivity contribution in [3.05, 3.63) is 64.7 Å². The second kappa shape index (κ2) is 10.7. The lowest BCUT2D eigenvalue weighted by molar-refractivity contribution is -0.149. The van der Waals surface area contributed by atoms with Gasteiger partial charge in [0.25, 0.3) is 5.91 Å². The van der Waals surface area contributed by atoms with Gasteiger partial charge in [-0.25, -0.2) is 0 Å². The van der Waals surface area contributed by atoms with Gasteiger partial charge in [0.2, 0.25) is 11.8 Å². The van der Waals surface area contributed by atoms with Gasteiger partial charge >= 0.3 is 6.18 Å². The van der Waals surface area contributed by atoms with Crippen LogP contribution in [0.1, 0.15) is 39.9 Å². The van der Waals surface area contributed by atoms with Crippen molar-refractivity contribution in [3.63, 3.8) is 0 Å². The number of halogens is 3. The predicted octanol–water partition coefficient (Wildman–Crippen LogP) is 2.71. The summed E-state index contributed by atoms with van der Waals surface area (Å²) >= 11 is 0. The van der Waals surface area contributed by atoms with Gasteiger partial charge in [-0.05, 0) is 29.7 Å². The van der Waals surface area contributed by atoms with E-state index in [1.54, 1.807) is 18.2 Å². The van der Waals surface area contributed by atoms with Gasteiger partial charge in [0.1, 0.15) is 18.4 Å². The molecule has 3 amide bonds. The van der Waals surface area contributed by atoms with Gasteiger partial charge in [-0.1, -0.05) is 30.3 Å². The van der Waals surface area contributed by atoms with Crippen molar-refractivity contribution in [1.82, 2.24) is 20.0 Å². The molecule has 2 saturated heterocycles. The molecule has 0 saturated carbocycles. The van der Waals surface area contributed by atoms with Crippen LogP contribution in [0, 0.1) is 0 Å². The molecule has 2 aromatic rings. The Hall–Kier alpha value is -3.44. The molecule has 0 aliphatic carbocycles. The zero-order valence-electron chi connectivity index (χ0n) is 20.8. The van der Waals surface area contributed by atoms with Crippen molar-refractivity contribution >= 4 is 17.7 Å². The maximum atomic E-state index is 13.0. The number of carbonyl (C=O) groups excluding carboxylic acids is 3. The van der Waals surface area contributed by atoms with E-state index >= 15 is 0 Å². The van der Waals surface area contributed by atoms with Crippen LogP contribution in [-0.4, -0.2) is 77.4 Å². The van der Waals surface area contributed by atoms with Crippen LogP contribution >= 0.6 is 0 Å². The number of rotatable bonds is 7. The predicted molar refractivity (Wildman–Crippen MR) is 131 cm³/mol. The molecule has 2 aromatic carbocycles. The molecule has 0 spiro atoms. The van der Waals surface area contributed by atoms with Crippen LogP contribution in [0.2, 0.25) is 0 Å². The Morgan fingerprint density at radius 1 is 0.947 bits per heavy atom. The fourth-order valence-electron chi connectivity index (χ4n) is 5.29. The van der Waals surface area contributed by atoms with Crippen LogP contribution in [0.4, 0.5) is 13.2 Å². The van der Waals surface area contributed by atoms with Crippen LogP contribution < -0.4 is 10.1 Å². The average molecular weight is 531 g/mol. The third kappa shape index (κ3) is 5.99. The number of ether oxygens (including phenoxy) is 1. The summed E-state index contributed by atoms with van der Waals surface area (Å²) < 4.78 is 44.0. The number of alkyl halides is 3. The van der Waals surface area contributed by atoms with E-state index < -0.39 is 24.7 Å². The molecule has 3 aliphatic rings. The summed E-state index contributed by atoms with van der Waals surface area (Å²) in [6.07, 6.45) is -3.68. The third-order valence-electron chi connectivity index (χ3n) is 7.20. The topological polar surface area (TPSA) is 82.2 Å². The number of nitrogens with one attached hydrogen (secondary N) is 1. The molecular formula is C27H29F3N4O4. The SMILES string of the molecule is O=C1CCC(N2Cc3c(OCc4cccc(CN5CCN(CC(F)(F)F)CC5)c4)cccc3C2=O)C(=O)N1. The summed E-state index contributed by atoms with van der Waals surface area (Å²) in [5.74, 6) is -0.469. The first-order valence-corrected chi connectivity index (χ1v) is 12.6. The van der Waals surface area contributed by atoms with E-state index in [4.69, 9.17) is 4.74 Å². The highest BCUT2D eigenvalue weighted by molar-refractivity contribution is 6.05. The highest BCUT2D eigenvalue weighted by atomic mass is 19.4. The first kappa shape index (κ1) is 26.2. The monoisotopic (exact) mass is 530 g/mol. The van der Waals surface area contributed by atoms with E-state index in [2.05, 4.69) is 10.2 Å². The first-order chi connectivity index (χ1) is 18.2. The van der Waals surface area contributed by atoms with Gasteiger partial charge < -0.3 is 9.64 Å². The van der Waals surface area contributed by atoms with E-state index in [0.717, 1.165) is 16.7 Å². The smallest absolute Gasteiger partial charge is 0.401 e. The molecule has 202 valence electrons. The summed E-state index contributed by atoms with van der Waals surface area (Å²) in [4.78, 5) is 41.9. The Morgan fingerprint density at radius 2 is 1.66 bits per heavy atom. The number of imide groups is 1. The van der Waals surface area contributed by atoms with Crippen LogP contribution in [0.3, 0.4) is 0 Å². The number of nitrogens with zero attached hydrogens (tertiary/aromatic N) is 3. The number of amides is 3. The molecule has 38 heavy (non-hydrogen) atoms.